The Hall–Kier alpha value is -1.10. The lowest BCUT2D eigenvalue weighted by molar-refractivity contribution is -0.138. The van der Waals surface area contributed by atoms with Gasteiger partial charge in [-0.3, -0.25) is 4.79 Å². The quantitative estimate of drug-likeness (QED) is 0.928. The zero-order chi connectivity index (χ0) is 13.2. The monoisotopic (exact) mass is 304 g/mol. The van der Waals surface area contributed by atoms with Gasteiger partial charge < -0.3 is 9.84 Å². The summed E-state index contributed by atoms with van der Waals surface area (Å²) in [5, 5.41) is 8.85. The van der Waals surface area contributed by atoms with Gasteiger partial charge in [-0.05, 0) is 22.0 Å². The summed E-state index contributed by atoms with van der Waals surface area (Å²) in [6, 6.07) is 3.23. The second kappa shape index (κ2) is 5.04. The Labute approximate surface area is 108 Å². The first-order valence-corrected chi connectivity index (χ1v) is 5.83. The second-order valence-electron chi connectivity index (χ2n) is 4.40. The van der Waals surface area contributed by atoms with Crippen molar-refractivity contribution in [3.05, 3.63) is 28.0 Å². The Bertz CT molecular complexity index is 444. The first kappa shape index (κ1) is 14.0. The number of hydrogen-bond acceptors (Lipinski definition) is 2. The van der Waals surface area contributed by atoms with Gasteiger partial charge in [0.05, 0.1) is 18.0 Å². The van der Waals surface area contributed by atoms with Gasteiger partial charge in [0.2, 0.25) is 0 Å². The molecule has 0 aliphatic carbocycles. The van der Waals surface area contributed by atoms with E-state index in [0.717, 1.165) is 0 Å². The van der Waals surface area contributed by atoms with Gasteiger partial charge in [-0.15, -0.1) is 0 Å². The molecule has 0 atom stereocenters. The number of methoxy groups -OCH3 is 1. The molecule has 0 saturated heterocycles. The standard InChI is InChI=1S/C12H14BrFO3/c1-12(2,6-9(15)16)7-4-5-8(13)10(14)11(7)17-3/h4-5H,6H2,1-3H3,(H,15,16). The van der Waals surface area contributed by atoms with Crippen molar-refractivity contribution in [2.75, 3.05) is 7.11 Å². The van der Waals surface area contributed by atoms with Crippen molar-refractivity contribution >= 4 is 21.9 Å². The number of carbonyl (C=O) groups is 1. The molecule has 0 fully saturated rings. The fourth-order valence-electron chi connectivity index (χ4n) is 1.74. The lowest BCUT2D eigenvalue weighted by Crippen LogP contribution is -2.23. The molecule has 0 unspecified atom stereocenters. The maximum atomic E-state index is 13.8. The van der Waals surface area contributed by atoms with E-state index in [0.29, 0.717) is 10.0 Å². The van der Waals surface area contributed by atoms with E-state index >= 15 is 0 Å². The fraction of sp³-hybridized carbons (Fsp3) is 0.417. The number of carboxylic acids is 1. The Kier molecular flexibility index (Phi) is 4.14. The van der Waals surface area contributed by atoms with Crippen molar-refractivity contribution in [1.82, 2.24) is 0 Å². The molecule has 3 nitrogen and oxygen atoms in total. The minimum atomic E-state index is -0.930. The highest BCUT2D eigenvalue weighted by molar-refractivity contribution is 9.10. The van der Waals surface area contributed by atoms with E-state index in [9.17, 15) is 9.18 Å². The molecule has 5 heteroatoms. The van der Waals surface area contributed by atoms with Crippen molar-refractivity contribution in [1.29, 1.82) is 0 Å². The molecule has 0 aromatic heterocycles. The van der Waals surface area contributed by atoms with Crippen LogP contribution in [0.2, 0.25) is 0 Å². The van der Waals surface area contributed by atoms with Crippen LogP contribution in [0.15, 0.2) is 16.6 Å². The van der Waals surface area contributed by atoms with E-state index in [-0.39, 0.29) is 12.2 Å². The summed E-state index contributed by atoms with van der Waals surface area (Å²) in [5.41, 5.74) is -0.151. The Morgan fingerprint density at radius 3 is 2.59 bits per heavy atom. The third kappa shape index (κ3) is 2.97. The van der Waals surface area contributed by atoms with Crippen LogP contribution in [0.1, 0.15) is 25.8 Å². The van der Waals surface area contributed by atoms with Gasteiger partial charge >= 0.3 is 5.97 Å². The van der Waals surface area contributed by atoms with E-state index in [4.69, 9.17) is 9.84 Å². The molecule has 0 amide bonds. The van der Waals surface area contributed by atoms with Gasteiger partial charge in [-0.2, -0.15) is 0 Å². The zero-order valence-corrected chi connectivity index (χ0v) is 11.5. The van der Waals surface area contributed by atoms with E-state index in [1.54, 1.807) is 26.0 Å². The number of carboxylic acid groups (broad SMARTS) is 1. The van der Waals surface area contributed by atoms with Crippen molar-refractivity contribution in [2.24, 2.45) is 0 Å². The van der Waals surface area contributed by atoms with Crippen LogP contribution in [0.25, 0.3) is 0 Å². The third-order valence-electron chi connectivity index (χ3n) is 2.58. The number of rotatable bonds is 4. The number of aliphatic carboxylic acids is 1. The summed E-state index contributed by atoms with van der Waals surface area (Å²) < 4.78 is 19.1. The average molecular weight is 305 g/mol. The van der Waals surface area contributed by atoms with Gasteiger partial charge in [0, 0.05) is 11.0 Å². The van der Waals surface area contributed by atoms with Crippen molar-refractivity contribution in [3.8, 4) is 5.75 Å². The Morgan fingerprint density at radius 1 is 1.53 bits per heavy atom. The summed E-state index contributed by atoms with van der Waals surface area (Å²) in [4.78, 5) is 10.8. The van der Waals surface area contributed by atoms with Gasteiger partial charge in [0.15, 0.2) is 11.6 Å². The molecular formula is C12H14BrFO3. The fourth-order valence-corrected chi connectivity index (χ4v) is 2.05. The van der Waals surface area contributed by atoms with E-state index < -0.39 is 17.2 Å². The zero-order valence-electron chi connectivity index (χ0n) is 9.88. The highest BCUT2D eigenvalue weighted by atomic mass is 79.9. The molecule has 0 aliphatic rings. The minimum absolute atomic E-state index is 0.0885. The lowest BCUT2D eigenvalue weighted by atomic mass is 9.81. The topological polar surface area (TPSA) is 46.5 Å². The smallest absolute Gasteiger partial charge is 0.304 e. The molecule has 1 aromatic rings. The van der Waals surface area contributed by atoms with Crippen LogP contribution in [0.4, 0.5) is 4.39 Å². The molecule has 0 saturated carbocycles. The van der Waals surface area contributed by atoms with E-state index in [2.05, 4.69) is 15.9 Å². The lowest BCUT2D eigenvalue weighted by Gasteiger charge is -2.25. The van der Waals surface area contributed by atoms with Gasteiger partial charge in [-0.1, -0.05) is 19.9 Å². The summed E-state index contributed by atoms with van der Waals surface area (Å²) in [6.45, 7) is 3.48. The Morgan fingerprint density at radius 2 is 2.12 bits per heavy atom. The van der Waals surface area contributed by atoms with Crippen LogP contribution in [-0.4, -0.2) is 18.2 Å². The highest BCUT2D eigenvalue weighted by Crippen LogP contribution is 2.38. The van der Waals surface area contributed by atoms with Crippen LogP contribution in [0.3, 0.4) is 0 Å². The molecule has 1 aromatic carbocycles. The van der Waals surface area contributed by atoms with Crippen LogP contribution in [-0.2, 0) is 10.2 Å². The molecule has 0 heterocycles. The summed E-state index contributed by atoms with van der Waals surface area (Å²) >= 11 is 3.07. The molecule has 0 aliphatic heterocycles. The van der Waals surface area contributed by atoms with Crippen LogP contribution >= 0.6 is 15.9 Å². The average Bonchev–Trinajstić information content (AvgIpc) is 2.19. The molecular weight excluding hydrogens is 291 g/mol. The summed E-state index contributed by atoms with van der Waals surface area (Å²) in [5.74, 6) is -1.35. The molecule has 1 N–H and O–H groups in total. The first-order valence-electron chi connectivity index (χ1n) is 5.04. The number of ether oxygens (including phenoxy) is 1. The number of halogens is 2. The van der Waals surface area contributed by atoms with Crippen molar-refractivity contribution in [2.45, 2.75) is 25.7 Å². The van der Waals surface area contributed by atoms with Crippen LogP contribution in [0.5, 0.6) is 5.75 Å². The maximum absolute atomic E-state index is 13.8. The molecule has 0 bridgehead atoms. The van der Waals surface area contributed by atoms with Gasteiger partial charge in [0.1, 0.15) is 0 Å². The first-order chi connectivity index (χ1) is 7.79. The molecule has 0 spiro atoms. The molecule has 1 rings (SSSR count). The second-order valence-corrected chi connectivity index (χ2v) is 5.25. The van der Waals surface area contributed by atoms with Gasteiger partial charge in [-0.25, -0.2) is 4.39 Å². The summed E-state index contributed by atoms with van der Waals surface area (Å²) in [6.07, 6.45) is -0.0928. The SMILES string of the molecule is COc1c(C(C)(C)CC(=O)O)ccc(Br)c1F. The Balaban J connectivity index is 3.31. The van der Waals surface area contributed by atoms with Gasteiger partial charge in [0.25, 0.3) is 0 Å². The molecule has 17 heavy (non-hydrogen) atoms. The highest BCUT2D eigenvalue weighted by Gasteiger charge is 2.29. The largest absolute Gasteiger partial charge is 0.493 e. The van der Waals surface area contributed by atoms with Crippen LogP contribution < -0.4 is 4.74 Å². The normalized spacial score (nSPS) is 11.4. The van der Waals surface area contributed by atoms with Crippen LogP contribution in [0, 0.1) is 5.82 Å². The number of hydrogen-bond donors (Lipinski definition) is 1. The predicted octanol–water partition coefficient (Wildman–Crippen LogP) is 3.35. The number of benzene rings is 1. The van der Waals surface area contributed by atoms with Crippen molar-refractivity contribution in [3.63, 3.8) is 0 Å². The van der Waals surface area contributed by atoms with Crippen molar-refractivity contribution < 1.29 is 19.0 Å². The minimum Gasteiger partial charge on any atom is -0.493 e. The maximum Gasteiger partial charge on any atom is 0.304 e. The molecule has 0 radical (unpaired) electrons. The predicted molar refractivity (Wildman–Crippen MR) is 65.9 cm³/mol. The van der Waals surface area contributed by atoms with E-state index in [1.165, 1.54) is 7.11 Å². The van der Waals surface area contributed by atoms with E-state index in [1.807, 2.05) is 0 Å². The third-order valence-corrected chi connectivity index (χ3v) is 3.19. The molecule has 94 valence electrons. The summed E-state index contributed by atoms with van der Waals surface area (Å²) in [7, 11) is 1.37.